The van der Waals surface area contributed by atoms with Gasteiger partial charge >= 0.3 is 0 Å². The Morgan fingerprint density at radius 3 is 2.55 bits per heavy atom. The van der Waals surface area contributed by atoms with Gasteiger partial charge in [-0.3, -0.25) is 4.98 Å². The van der Waals surface area contributed by atoms with Gasteiger partial charge in [0, 0.05) is 6.20 Å². The number of aromatic nitrogens is 1. The van der Waals surface area contributed by atoms with Crippen molar-refractivity contribution in [2.45, 2.75) is 59.4 Å². The van der Waals surface area contributed by atoms with Crippen LogP contribution < -0.4 is 5.32 Å². The van der Waals surface area contributed by atoms with E-state index in [1.165, 1.54) is 36.9 Å². The largest absolute Gasteiger partial charge is 0.308 e. The molecule has 0 bridgehead atoms. The van der Waals surface area contributed by atoms with Crippen LogP contribution in [0.15, 0.2) is 18.3 Å². The first-order valence-electron chi connectivity index (χ1n) is 8.26. The molecule has 112 valence electrons. The van der Waals surface area contributed by atoms with Crippen LogP contribution >= 0.6 is 0 Å². The van der Waals surface area contributed by atoms with Crippen LogP contribution in [0.3, 0.4) is 0 Å². The second-order valence-corrected chi connectivity index (χ2v) is 6.81. The number of nitrogens with zero attached hydrogens (tertiary/aromatic N) is 1. The third kappa shape index (κ3) is 3.82. The molecule has 1 aromatic heterocycles. The number of aryl methyl sites for hydroxylation is 1. The Kier molecular flexibility index (Phi) is 5.59. The van der Waals surface area contributed by atoms with Gasteiger partial charge in [0.15, 0.2) is 0 Å². The van der Waals surface area contributed by atoms with Gasteiger partial charge in [-0.15, -0.1) is 0 Å². The van der Waals surface area contributed by atoms with Gasteiger partial charge in [-0.1, -0.05) is 26.8 Å². The molecule has 0 saturated heterocycles. The Morgan fingerprint density at radius 1 is 1.25 bits per heavy atom. The van der Waals surface area contributed by atoms with Crippen molar-refractivity contribution in [3.8, 4) is 0 Å². The van der Waals surface area contributed by atoms with Crippen LogP contribution in [0.5, 0.6) is 0 Å². The van der Waals surface area contributed by atoms with E-state index in [1.54, 1.807) is 0 Å². The molecule has 0 amide bonds. The fourth-order valence-electron chi connectivity index (χ4n) is 3.89. The molecule has 1 aliphatic rings. The summed E-state index contributed by atoms with van der Waals surface area (Å²) in [5, 5.41) is 3.77. The molecule has 3 unspecified atom stereocenters. The van der Waals surface area contributed by atoms with Gasteiger partial charge < -0.3 is 5.32 Å². The lowest BCUT2D eigenvalue weighted by molar-refractivity contribution is 0.174. The minimum absolute atomic E-state index is 0.432. The first kappa shape index (κ1) is 15.5. The highest BCUT2D eigenvalue weighted by molar-refractivity contribution is 5.22. The van der Waals surface area contributed by atoms with Crippen molar-refractivity contribution in [2.75, 3.05) is 6.54 Å². The summed E-state index contributed by atoms with van der Waals surface area (Å²) in [6.07, 6.45) is 7.18. The number of pyridine rings is 1. The van der Waals surface area contributed by atoms with Crippen LogP contribution in [0.1, 0.15) is 63.8 Å². The van der Waals surface area contributed by atoms with Crippen molar-refractivity contribution in [1.82, 2.24) is 10.3 Å². The summed E-state index contributed by atoms with van der Waals surface area (Å²) in [5.74, 6) is 2.42. The van der Waals surface area contributed by atoms with Crippen molar-refractivity contribution in [3.63, 3.8) is 0 Å². The topological polar surface area (TPSA) is 24.9 Å². The molecule has 2 rings (SSSR count). The monoisotopic (exact) mass is 274 g/mol. The minimum Gasteiger partial charge on any atom is -0.308 e. The van der Waals surface area contributed by atoms with Gasteiger partial charge in [-0.25, -0.2) is 0 Å². The highest BCUT2D eigenvalue weighted by Crippen LogP contribution is 2.39. The van der Waals surface area contributed by atoms with Gasteiger partial charge in [0.25, 0.3) is 0 Å². The summed E-state index contributed by atoms with van der Waals surface area (Å²) in [5.41, 5.74) is 2.60. The fourth-order valence-corrected chi connectivity index (χ4v) is 3.89. The van der Waals surface area contributed by atoms with Gasteiger partial charge in [-0.2, -0.15) is 0 Å². The van der Waals surface area contributed by atoms with Crippen molar-refractivity contribution in [2.24, 2.45) is 17.8 Å². The van der Waals surface area contributed by atoms with E-state index in [1.807, 2.05) is 12.3 Å². The van der Waals surface area contributed by atoms with Crippen molar-refractivity contribution >= 4 is 0 Å². The van der Waals surface area contributed by atoms with Crippen molar-refractivity contribution < 1.29 is 0 Å². The molecule has 1 aromatic rings. The van der Waals surface area contributed by atoms with Crippen LogP contribution in [0.25, 0.3) is 0 Å². The fraction of sp³-hybridized carbons (Fsp3) is 0.722. The molecular formula is C18H30N2. The second kappa shape index (κ2) is 7.21. The molecule has 2 nitrogen and oxygen atoms in total. The molecule has 1 heterocycles. The summed E-state index contributed by atoms with van der Waals surface area (Å²) in [6.45, 7) is 10.3. The zero-order valence-electron chi connectivity index (χ0n) is 13.5. The van der Waals surface area contributed by atoms with E-state index in [9.17, 15) is 0 Å². The van der Waals surface area contributed by atoms with Gasteiger partial charge in [0.2, 0.25) is 0 Å². The average molecular weight is 274 g/mol. The Morgan fingerprint density at radius 2 is 1.95 bits per heavy atom. The Balaban J connectivity index is 2.20. The third-order valence-electron chi connectivity index (χ3n) is 4.65. The van der Waals surface area contributed by atoms with Crippen LogP contribution in [0.2, 0.25) is 0 Å². The molecule has 1 N–H and O–H groups in total. The van der Waals surface area contributed by atoms with Gasteiger partial charge in [-0.05, 0) is 68.5 Å². The molecule has 1 saturated carbocycles. The van der Waals surface area contributed by atoms with Crippen LogP contribution in [0.4, 0.5) is 0 Å². The molecule has 0 spiro atoms. The molecule has 20 heavy (non-hydrogen) atoms. The molecule has 0 aliphatic heterocycles. The lowest BCUT2D eigenvalue weighted by Gasteiger charge is -2.37. The molecule has 0 radical (unpaired) electrons. The highest BCUT2D eigenvalue weighted by atomic mass is 14.9. The first-order chi connectivity index (χ1) is 9.61. The number of rotatable bonds is 5. The van der Waals surface area contributed by atoms with E-state index in [4.69, 9.17) is 4.98 Å². The predicted molar refractivity (Wildman–Crippen MR) is 85.7 cm³/mol. The van der Waals surface area contributed by atoms with E-state index in [0.717, 1.165) is 24.3 Å². The normalized spacial score (nSPS) is 28.3. The van der Waals surface area contributed by atoms with Crippen LogP contribution in [0, 0.1) is 24.7 Å². The molecule has 1 aliphatic carbocycles. The Bertz CT molecular complexity index is 406. The number of hydrogen-bond donors (Lipinski definition) is 1. The van der Waals surface area contributed by atoms with Crippen LogP contribution in [-0.2, 0) is 0 Å². The van der Waals surface area contributed by atoms with Gasteiger partial charge in [0.1, 0.15) is 0 Å². The number of nitrogens with one attached hydrogen (secondary N) is 1. The smallest absolute Gasteiger partial charge is 0.0605 e. The zero-order chi connectivity index (χ0) is 14.5. The predicted octanol–water partition coefficient (Wildman–Crippen LogP) is 4.50. The average Bonchev–Trinajstić information content (AvgIpc) is 2.40. The standard InChI is InChI=1S/C18H30N2/c1-5-8-19-18(17-15(4)7-6-9-20-17)16-11-13(2)10-14(3)12-16/h6-7,9,13-14,16,18-19H,5,8,10-12H2,1-4H3. The third-order valence-corrected chi connectivity index (χ3v) is 4.65. The maximum absolute atomic E-state index is 4.69. The van der Waals surface area contributed by atoms with E-state index in [-0.39, 0.29) is 0 Å². The van der Waals surface area contributed by atoms with E-state index in [2.05, 4.69) is 39.1 Å². The molecular weight excluding hydrogens is 244 g/mol. The maximum Gasteiger partial charge on any atom is 0.0605 e. The van der Waals surface area contributed by atoms with Crippen LogP contribution in [-0.4, -0.2) is 11.5 Å². The van der Waals surface area contributed by atoms with Crippen molar-refractivity contribution in [1.29, 1.82) is 0 Å². The first-order valence-corrected chi connectivity index (χ1v) is 8.26. The lowest BCUT2D eigenvalue weighted by atomic mass is 9.72. The molecule has 0 aromatic carbocycles. The SMILES string of the molecule is CCCNC(c1ncccc1C)C1CC(C)CC(C)C1. The summed E-state index contributed by atoms with van der Waals surface area (Å²) < 4.78 is 0. The zero-order valence-corrected chi connectivity index (χ0v) is 13.5. The van der Waals surface area contributed by atoms with E-state index >= 15 is 0 Å². The second-order valence-electron chi connectivity index (χ2n) is 6.81. The van der Waals surface area contributed by atoms with E-state index < -0.39 is 0 Å². The maximum atomic E-state index is 4.69. The highest BCUT2D eigenvalue weighted by Gasteiger charge is 2.31. The summed E-state index contributed by atoms with van der Waals surface area (Å²) >= 11 is 0. The lowest BCUT2D eigenvalue weighted by Crippen LogP contribution is -2.34. The minimum atomic E-state index is 0.432. The Hall–Kier alpha value is -0.890. The quantitative estimate of drug-likeness (QED) is 0.855. The van der Waals surface area contributed by atoms with E-state index in [0.29, 0.717) is 6.04 Å². The van der Waals surface area contributed by atoms with Crippen molar-refractivity contribution in [3.05, 3.63) is 29.6 Å². The summed E-state index contributed by atoms with van der Waals surface area (Å²) in [6, 6.07) is 4.67. The molecule has 2 heteroatoms. The molecule has 1 fully saturated rings. The number of hydrogen-bond acceptors (Lipinski definition) is 2. The van der Waals surface area contributed by atoms with Gasteiger partial charge in [0.05, 0.1) is 11.7 Å². The Labute approximate surface area is 124 Å². The summed E-state index contributed by atoms with van der Waals surface area (Å²) in [4.78, 5) is 4.69. The summed E-state index contributed by atoms with van der Waals surface area (Å²) in [7, 11) is 0. The molecule has 3 atom stereocenters.